The van der Waals surface area contributed by atoms with Crippen LogP contribution in [0.4, 0.5) is 0 Å². The van der Waals surface area contributed by atoms with Crippen LogP contribution < -0.4 is 0 Å². The number of hydrogen-bond acceptors (Lipinski definition) is 4. The minimum Gasteiger partial charge on any atom is -0.308 e. The lowest BCUT2D eigenvalue weighted by Gasteiger charge is -2.25. The molecule has 0 amide bonds. The van der Waals surface area contributed by atoms with Crippen molar-refractivity contribution in [2.75, 3.05) is 27.2 Å². The zero-order valence-electron chi connectivity index (χ0n) is 15.2. The normalized spacial score (nSPS) is 23.1. The number of aromatic nitrogens is 2. The summed E-state index contributed by atoms with van der Waals surface area (Å²) in [7, 11) is 0.526. The van der Waals surface area contributed by atoms with E-state index >= 15 is 0 Å². The Morgan fingerprint density at radius 1 is 1.30 bits per heavy atom. The second-order valence-electron chi connectivity index (χ2n) is 6.88. The molecule has 1 aliphatic heterocycles. The number of hydrogen-bond donors (Lipinski definition) is 0. The smallest absolute Gasteiger partial charge is 0.247 e. The van der Waals surface area contributed by atoms with Crippen LogP contribution in [0.15, 0.2) is 4.90 Å². The minimum atomic E-state index is -3.48. The Labute approximate surface area is 140 Å². The van der Waals surface area contributed by atoms with Crippen LogP contribution in [0.25, 0.3) is 0 Å². The molecule has 1 aromatic heterocycles. The highest BCUT2D eigenvalue weighted by molar-refractivity contribution is 7.89. The Hall–Kier alpha value is -0.920. The van der Waals surface area contributed by atoms with Crippen molar-refractivity contribution in [2.45, 2.75) is 58.0 Å². The Morgan fingerprint density at radius 3 is 2.52 bits per heavy atom. The maximum absolute atomic E-state index is 13.2. The fourth-order valence-corrected chi connectivity index (χ4v) is 5.75. The van der Waals surface area contributed by atoms with Gasteiger partial charge < -0.3 is 4.90 Å². The number of rotatable bonds is 6. The topological polar surface area (TPSA) is 58.4 Å². The first-order valence-electron chi connectivity index (χ1n) is 8.40. The zero-order valence-corrected chi connectivity index (χ0v) is 16.0. The second-order valence-corrected chi connectivity index (χ2v) is 8.71. The Bertz CT molecular complexity index is 651. The van der Waals surface area contributed by atoms with Gasteiger partial charge in [-0.3, -0.25) is 4.68 Å². The summed E-state index contributed by atoms with van der Waals surface area (Å²) < 4.78 is 29.9. The lowest BCUT2D eigenvalue weighted by Crippen LogP contribution is -2.37. The summed E-state index contributed by atoms with van der Waals surface area (Å²) in [4.78, 5) is 2.48. The summed E-state index contributed by atoms with van der Waals surface area (Å²) in [6, 6.07) is 0.101. The van der Waals surface area contributed by atoms with Gasteiger partial charge in [-0.25, -0.2) is 8.42 Å². The van der Waals surface area contributed by atoms with E-state index in [2.05, 4.69) is 23.8 Å². The molecule has 0 spiro atoms. The van der Waals surface area contributed by atoms with E-state index in [0.29, 0.717) is 29.6 Å². The molecule has 2 heterocycles. The van der Waals surface area contributed by atoms with Crippen molar-refractivity contribution in [3.05, 3.63) is 11.4 Å². The first kappa shape index (κ1) is 18.4. The van der Waals surface area contributed by atoms with Crippen LogP contribution in [0.5, 0.6) is 0 Å². The van der Waals surface area contributed by atoms with Crippen LogP contribution in [-0.2, 0) is 16.6 Å². The van der Waals surface area contributed by atoms with E-state index < -0.39 is 10.0 Å². The molecule has 1 saturated heterocycles. The largest absolute Gasteiger partial charge is 0.308 e. The van der Waals surface area contributed by atoms with E-state index in [9.17, 15) is 8.42 Å². The molecule has 7 heteroatoms. The van der Waals surface area contributed by atoms with Crippen molar-refractivity contribution in [3.8, 4) is 0 Å². The third kappa shape index (κ3) is 3.46. The second kappa shape index (κ2) is 6.91. The zero-order chi connectivity index (χ0) is 17.4. The van der Waals surface area contributed by atoms with Gasteiger partial charge in [-0.05, 0) is 46.7 Å². The van der Waals surface area contributed by atoms with Crippen LogP contribution in [0, 0.1) is 19.8 Å². The van der Waals surface area contributed by atoms with Gasteiger partial charge in [-0.1, -0.05) is 13.8 Å². The highest BCUT2D eigenvalue weighted by atomic mass is 32.2. The summed E-state index contributed by atoms with van der Waals surface area (Å²) in [5.74, 6) is 0.416. The molecule has 0 aliphatic carbocycles. The van der Waals surface area contributed by atoms with Crippen LogP contribution in [0.1, 0.15) is 38.1 Å². The standard InChI is InChI=1S/C16H30N4O2S/c1-7-15-12(2)8-9-20(15)23(21,22)16-13(3)17-19(14(16)4)11-10-18(5)6/h12,15H,7-11H2,1-6H3/t12-,15+/m0/s1. The molecule has 0 unspecified atom stereocenters. The van der Waals surface area contributed by atoms with Crippen molar-refractivity contribution in [3.63, 3.8) is 0 Å². The van der Waals surface area contributed by atoms with E-state index in [1.165, 1.54) is 0 Å². The molecule has 1 aliphatic rings. The summed E-state index contributed by atoms with van der Waals surface area (Å²) in [6.45, 7) is 10.0. The molecule has 0 saturated carbocycles. The molecule has 0 aromatic carbocycles. The molecule has 1 fully saturated rings. The molecule has 23 heavy (non-hydrogen) atoms. The molecule has 2 atom stereocenters. The first-order chi connectivity index (χ1) is 10.7. The summed E-state index contributed by atoms with van der Waals surface area (Å²) in [5, 5.41) is 4.47. The quantitative estimate of drug-likeness (QED) is 0.792. The average molecular weight is 343 g/mol. The van der Waals surface area contributed by atoms with Gasteiger partial charge in [-0.2, -0.15) is 9.40 Å². The van der Waals surface area contributed by atoms with Gasteiger partial charge >= 0.3 is 0 Å². The number of sulfonamides is 1. The first-order valence-corrected chi connectivity index (χ1v) is 9.84. The fraction of sp³-hybridized carbons (Fsp3) is 0.812. The summed E-state index contributed by atoms with van der Waals surface area (Å²) >= 11 is 0. The fourth-order valence-electron chi connectivity index (χ4n) is 3.56. The van der Waals surface area contributed by atoms with E-state index in [4.69, 9.17) is 0 Å². The van der Waals surface area contributed by atoms with Gasteiger partial charge in [0, 0.05) is 19.1 Å². The van der Waals surface area contributed by atoms with Crippen LogP contribution in [0.3, 0.4) is 0 Å². The molecule has 132 valence electrons. The maximum atomic E-state index is 13.2. The third-order valence-corrected chi connectivity index (χ3v) is 7.07. The van der Waals surface area contributed by atoms with E-state index in [-0.39, 0.29) is 6.04 Å². The van der Waals surface area contributed by atoms with Crippen molar-refractivity contribution in [2.24, 2.45) is 5.92 Å². The highest BCUT2D eigenvalue weighted by Crippen LogP contribution is 2.33. The van der Waals surface area contributed by atoms with Crippen LogP contribution in [-0.4, -0.2) is 60.6 Å². The molecule has 0 bridgehead atoms. The van der Waals surface area contributed by atoms with Gasteiger partial charge in [-0.15, -0.1) is 0 Å². The molecule has 1 aromatic rings. The summed E-state index contributed by atoms with van der Waals surface area (Å²) in [5.41, 5.74) is 1.36. The van der Waals surface area contributed by atoms with Crippen molar-refractivity contribution in [1.82, 2.24) is 19.0 Å². The van der Waals surface area contributed by atoms with Crippen molar-refractivity contribution >= 4 is 10.0 Å². The average Bonchev–Trinajstić information content (AvgIpc) is 2.97. The van der Waals surface area contributed by atoms with E-state index in [0.717, 1.165) is 25.1 Å². The van der Waals surface area contributed by atoms with Gasteiger partial charge in [0.05, 0.1) is 17.9 Å². The predicted molar refractivity (Wildman–Crippen MR) is 92.0 cm³/mol. The van der Waals surface area contributed by atoms with Gasteiger partial charge in [0.15, 0.2) is 0 Å². The van der Waals surface area contributed by atoms with Gasteiger partial charge in [0.2, 0.25) is 10.0 Å². The van der Waals surface area contributed by atoms with Crippen LogP contribution >= 0.6 is 0 Å². The monoisotopic (exact) mass is 342 g/mol. The van der Waals surface area contributed by atoms with Crippen LogP contribution in [0.2, 0.25) is 0 Å². The molecule has 2 rings (SSSR count). The lowest BCUT2D eigenvalue weighted by atomic mass is 10.0. The number of likely N-dealkylation sites (N-methyl/N-ethyl adjacent to an activating group) is 1. The molecule has 6 nitrogen and oxygen atoms in total. The van der Waals surface area contributed by atoms with Gasteiger partial charge in [0.25, 0.3) is 0 Å². The minimum absolute atomic E-state index is 0.101. The molecular formula is C16H30N4O2S. The third-order valence-electron chi connectivity index (χ3n) is 4.89. The van der Waals surface area contributed by atoms with Gasteiger partial charge in [0.1, 0.15) is 4.90 Å². The Balaban J connectivity index is 2.37. The Kier molecular flexibility index (Phi) is 5.53. The summed E-state index contributed by atoms with van der Waals surface area (Å²) in [6.07, 6.45) is 1.79. The maximum Gasteiger partial charge on any atom is 0.247 e. The number of nitrogens with zero attached hydrogens (tertiary/aromatic N) is 4. The Morgan fingerprint density at radius 2 is 1.96 bits per heavy atom. The van der Waals surface area contributed by atoms with Crippen molar-refractivity contribution in [1.29, 1.82) is 0 Å². The molecule has 0 radical (unpaired) electrons. The lowest BCUT2D eigenvalue weighted by molar-refractivity contribution is 0.339. The van der Waals surface area contributed by atoms with Crippen molar-refractivity contribution < 1.29 is 8.42 Å². The molecule has 0 N–H and O–H groups in total. The van der Waals surface area contributed by atoms with E-state index in [1.807, 2.05) is 25.7 Å². The number of aryl methyl sites for hydroxylation is 1. The highest BCUT2D eigenvalue weighted by Gasteiger charge is 2.40. The molecular weight excluding hydrogens is 312 g/mol. The predicted octanol–water partition coefficient (Wildman–Crippen LogP) is 1.87. The van der Waals surface area contributed by atoms with E-state index in [1.54, 1.807) is 11.2 Å². The SMILES string of the molecule is CC[C@@H]1[C@@H](C)CCN1S(=O)(=O)c1c(C)nn(CCN(C)C)c1C.